The third-order valence-corrected chi connectivity index (χ3v) is 4.57. The molecule has 2 heterocycles. The third kappa shape index (κ3) is 3.28. The summed E-state index contributed by atoms with van der Waals surface area (Å²) in [5.74, 6) is 0.242. The molecule has 126 valence electrons. The van der Waals surface area contributed by atoms with Crippen LogP contribution in [-0.4, -0.2) is 39.9 Å². The predicted molar refractivity (Wildman–Crippen MR) is 90.4 cm³/mol. The minimum atomic E-state index is -0.393. The summed E-state index contributed by atoms with van der Waals surface area (Å²) in [6.07, 6.45) is 3.77. The monoisotopic (exact) mass is 346 g/mol. The summed E-state index contributed by atoms with van der Waals surface area (Å²) >= 11 is 5.96. The number of carbonyl (C=O) groups is 2. The zero-order valence-corrected chi connectivity index (χ0v) is 14.3. The van der Waals surface area contributed by atoms with Crippen LogP contribution in [0.5, 0.6) is 0 Å². The summed E-state index contributed by atoms with van der Waals surface area (Å²) in [6.45, 7) is 0.443. The number of hydrogen-bond acceptors (Lipinski definition) is 3. The smallest absolute Gasteiger partial charge is 0.226 e. The molecule has 2 atom stereocenters. The van der Waals surface area contributed by atoms with E-state index in [4.69, 9.17) is 11.6 Å². The highest BCUT2D eigenvalue weighted by molar-refractivity contribution is 6.30. The summed E-state index contributed by atoms with van der Waals surface area (Å²) in [7, 11) is 3.59. The molecule has 7 heteroatoms. The number of aromatic nitrogens is 2. The van der Waals surface area contributed by atoms with Gasteiger partial charge in [0.2, 0.25) is 11.8 Å². The van der Waals surface area contributed by atoms with E-state index in [0.717, 1.165) is 11.4 Å². The van der Waals surface area contributed by atoms with E-state index >= 15 is 0 Å². The van der Waals surface area contributed by atoms with Crippen molar-refractivity contribution >= 4 is 23.4 Å². The minimum absolute atomic E-state index is 0.00446. The zero-order valence-electron chi connectivity index (χ0n) is 13.6. The first-order valence-electron chi connectivity index (χ1n) is 7.72. The van der Waals surface area contributed by atoms with E-state index in [1.165, 1.54) is 0 Å². The number of carbonyl (C=O) groups excluding carboxylic acids is 2. The molecule has 0 saturated carbocycles. The van der Waals surface area contributed by atoms with Crippen molar-refractivity contribution < 1.29 is 9.59 Å². The van der Waals surface area contributed by atoms with Crippen LogP contribution in [-0.2, 0) is 16.6 Å². The number of aryl methyl sites for hydroxylation is 1. The number of rotatable bonds is 4. The van der Waals surface area contributed by atoms with Gasteiger partial charge in [0.15, 0.2) is 0 Å². The van der Waals surface area contributed by atoms with Crippen LogP contribution >= 0.6 is 11.6 Å². The molecule has 3 rings (SSSR count). The van der Waals surface area contributed by atoms with Crippen molar-refractivity contribution in [3.63, 3.8) is 0 Å². The number of likely N-dealkylation sites (tertiary alicyclic amines) is 1. The Bertz CT molecular complexity index is 756. The molecule has 1 saturated heterocycles. The van der Waals surface area contributed by atoms with Crippen LogP contribution in [0, 0.1) is 5.92 Å². The molecule has 0 aliphatic carbocycles. The Morgan fingerprint density at radius 3 is 2.58 bits per heavy atom. The topological polar surface area (TPSA) is 67.2 Å². The number of halogens is 1. The van der Waals surface area contributed by atoms with Crippen molar-refractivity contribution in [2.24, 2.45) is 13.0 Å². The number of imidazole rings is 1. The Balaban J connectivity index is 1.85. The molecule has 2 aromatic rings. The van der Waals surface area contributed by atoms with Gasteiger partial charge < -0.3 is 14.8 Å². The Morgan fingerprint density at radius 2 is 2.04 bits per heavy atom. The summed E-state index contributed by atoms with van der Waals surface area (Å²) in [5, 5.41) is 3.67. The van der Waals surface area contributed by atoms with E-state index in [0.29, 0.717) is 11.6 Å². The SMILES string of the molecule is CN1C[C@@H](C(=O)N[C@H](c2ccc(Cl)cc2)c2nccn2C)CC1=O. The standard InChI is InChI=1S/C17H19ClN4O2/c1-21-8-7-19-16(21)15(11-3-5-13(18)6-4-11)20-17(24)12-9-14(23)22(2)10-12/h3-8,12,15H,9-10H2,1-2H3,(H,20,24)/t12-,15+/m0/s1. The molecule has 0 spiro atoms. The molecular weight excluding hydrogens is 328 g/mol. The van der Waals surface area contributed by atoms with Crippen molar-refractivity contribution in [1.82, 2.24) is 19.8 Å². The van der Waals surface area contributed by atoms with Gasteiger partial charge in [-0.25, -0.2) is 4.98 Å². The van der Waals surface area contributed by atoms with E-state index in [2.05, 4.69) is 10.3 Å². The average molecular weight is 347 g/mol. The van der Waals surface area contributed by atoms with Gasteiger partial charge >= 0.3 is 0 Å². The van der Waals surface area contributed by atoms with E-state index in [1.54, 1.807) is 30.3 Å². The number of amides is 2. The highest BCUT2D eigenvalue weighted by atomic mass is 35.5. The maximum atomic E-state index is 12.6. The molecular formula is C17H19ClN4O2. The second kappa shape index (κ2) is 6.65. The summed E-state index contributed by atoms with van der Waals surface area (Å²) in [5.41, 5.74) is 0.889. The summed E-state index contributed by atoms with van der Waals surface area (Å²) in [6, 6.07) is 6.91. The van der Waals surface area contributed by atoms with Gasteiger partial charge in [0.05, 0.1) is 5.92 Å². The van der Waals surface area contributed by atoms with Crippen molar-refractivity contribution in [2.75, 3.05) is 13.6 Å². The summed E-state index contributed by atoms with van der Waals surface area (Å²) in [4.78, 5) is 30.3. The lowest BCUT2D eigenvalue weighted by molar-refractivity contribution is -0.128. The van der Waals surface area contributed by atoms with Crippen LogP contribution in [0.4, 0.5) is 0 Å². The highest BCUT2D eigenvalue weighted by Crippen LogP contribution is 2.24. The molecule has 0 bridgehead atoms. The van der Waals surface area contributed by atoms with Crippen LogP contribution in [0.2, 0.25) is 5.02 Å². The Morgan fingerprint density at radius 1 is 1.33 bits per heavy atom. The molecule has 24 heavy (non-hydrogen) atoms. The predicted octanol–water partition coefficient (Wildman–Crippen LogP) is 1.76. The molecule has 1 N–H and O–H groups in total. The molecule has 1 aliphatic heterocycles. The maximum Gasteiger partial charge on any atom is 0.226 e. The van der Waals surface area contributed by atoms with Crippen molar-refractivity contribution in [3.05, 3.63) is 53.1 Å². The second-order valence-corrected chi connectivity index (χ2v) is 6.50. The van der Waals surface area contributed by atoms with Crippen LogP contribution in [0.3, 0.4) is 0 Å². The minimum Gasteiger partial charge on any atom is -0.345 e. The number of nitrogens with one attached hydrogen (secondary N) is 1. The molecule has 6 nitrogen and oxygen atoms in total. The first-order chi connectivity index (χ1) is 11.5. The molecule has 2 amide bonds. The molecule has 1 aromatic carbocycles. The maximum absolute atomic E-state index is 12.6. The van der Waals surface area contributed by atoms with Gasteiger partial charge in [-0.1, -0.05) is 23.7 Å². The highest BCUT2D eigenvalue weighted by Gasteiger charge is 2.34. The van der Waals surface area contributed by atoms with E-state index < -0.39 is 6.04 Å². The first kappa shape index (κ1) is 16.5. The zero-order chi connectivity index (χ0) is 17.3. The van der Waals surface area contributed by atoms with Crippen LogP contribution in [0.15, 0.2) is 36.7 Å². The number of nitrogens with zero attached hydrogens (tertiary/aromatic N) is 3. The lowest BCUT2D eigenvalue weighted by Gasteiger charge is -2.21. The van der Waals surface area contributed by atoms with E-state index in [1.807, 2.05) is 29.9 Å². The van der Waals surface area contributed by atoms with Gasteiger partial charge in [0.25, 0.3) is 0 Å². The Labute approximate surface area is 145 Å². The molecule has 1 aromatic heterocycles. The quantitative estimate of drug-likeness (QED) is 0.917. The Hall–Kier alpha value is -2.34. The van der Waals surface area contributed by atoms with Gasteiger partial charge in [-0.15, -0.1) is 0 Å². The average Bonchev–Trinajstić information content (AvgIpc) is 3.12. The van der Waals surface area contributed by atoms with Gasteiger partial charge in [0.1, 0.15) is 11.9 Å². The summed E-state index contributed by atoms with van der Waals surface area (Å²) < 4.78 is 1.87. The van der Waals surface area contributed by atoms with Gasteiger partial charge in [0, 0.05) is 44.5 Å². The molecule has 1 fully saturated rings. The van der Waals surface area contributed by atoms with Gasteiger partial charge in [-0.3, -0.25) is 9.59 Å². The second-order valence-electron chi connectivity index (χ2n) is 6.06. The molecule has 0 radical (unpaired) electrons. The number of hydrogen-bond donors (Lipinski definition) is 1. The number of benzene rings is 1. The molecule has 1 aliphatic rings. The normalized spacial score (nSPS) is 18.7. The largest absolute Gasteiger partial charge is 0.345 e. The lowest BCUT2D eigenvalue weighted by Crippen LogP contribution is -2.36. The van der Waals surface area contributed by atoms with Crippen molar-refractivity contribution in [3.8, 4) is 0 Å². The van der Waals surface area contributed by atoms with Crippen molar-refractivity contribution in [2.45, 2.75) is 12.5 Å². The van der Waals surface area contributed by atoms with E-state index in [-0.39, 0.29) is 24.2 Å². The van der Waals surface area contributed by atoms with Gasteiger partial charge in [-0.05, 0) is 17.7 Å². The lowest BCUT2D eigenvalue weighted by atomic mass is 10.0. The van der Waals surface area contributed by atoms with Crippen LogP contribution in [0.25, 0.3) is 0 Å². The fourth-order valence-corrected chi connectivity index (χ4v) is 3.03. The fourth-order valence-electron chi connectivity index (χ4n) is 2.91. The first-order valence-corrected chi connectivity index (χ1v) is 8.10. The van der Waals surface area contributed by atoms with E-state index in [9.17, 15) is 9.59 Å². The van der Waals surface area contributed by atoms with Crippen molar-refractivity contribution in [1.29, 1.82) is 0 Å². The third-order valence-electron chi connectivity index (χ3n) is 4.32. The fraction of sp³-hybridized carbons (Fsp3) is 0.353. The van der Waals surface area contributed by atoms with Crippen LogP contribution in [0.1, 0.15) is 23.9 Å². The van der Waals surface area contributed by atoms with Gasteiger partial charge in [-0.2, -0.15) is 0 Å². The van der Waals surface area contributed by atoms with Crippen LogP contribution < -0.4 is 5.32 Å². The Kier molecular flexibility index (Phi) is 4.57. The molecule has 0 unspecified atom stereocenters.